The molecule has 1 fully saturated rings. The number of fused-ring (bicyclic) bond motifs is 1. The number of aromatic nitrogens is 4. The van der Waals surface area contributed by atoms with E-state index in [4.69, 9.17) is 4.74 Å². The van der Waals surface area contributed by atoms with Gasteiger partial charge in [-0.1, -0.05) is 44.2 Å². The molecule has 1 aliphatic rings. The molecule has 2 N–H and O–H groups in total. The highest BCUT2D eigenvalue weighted by Gasteiger charge is 2.15. The molecule has 0 amide bonds. The minimum atomic E-state index is -0.322. The summed E-state index contributed by atoms with van der Waals surface area (Å²) in [6, 6.07) is 6.81. The van der Waals surface area contributed by atoms with E-state index in [9.17, 15) is 9.59 Å². The molecule has 3 aromatic rings. The maximum Gasteiger partial charge on any atom is 0.304 e. The molecule has 0 aliphatic heterocycles. The summed E-state index contributed by atoms with van der Waals surface area (Å²) < 4.78 is 5.64. The Labute approximate surface area is 162 Å². The van der Waals surface area contributed by atoms with Crippen molar-refractivity contribution in [3.63, 3.8) is 0 Å². The molecular weight excluding hydrogens is 356 g/mol. The lowest BCUT2D eigenvalue weighted by Gasteiger charge is -2.06. The second kappa shape index (κ2) is 7.96. The molecule has 4 rings (SSSR count). The van der Waals surface area contributed by atoms with E-state index in [0.29, 0.717) is 22.5 Å². The van der Waals surface area contributed by atoms with Crippen LogP contribution in [0.3, 0.4) is 0 Å². The first kappa shape index (κ1) is 18.4. The Morgan fingerprint density at radius 3 is 2.82 bits per heavy atom. The Morgan fingerprint density at radius 1 is 1.21 bits per heavy atom. The molecule has 7 heteroatoms. The van der Waals surface area contributed by atoms with Crippen LogP contribution < -0.4 is 10.3 Å². The van der Waals surface area contributed by atoms with Crippen LogP contribution >= 0.6 is 0 Å². The third kappa shape index (κ3) is 4.13. The highest BCUT2D eigenvalue weighted by Crippen LogP contribution is 2.29. The molecule has 1 saturated carbocycles. The first-order chi connectivity index (χ1) is 13.6. The number of nitrogens with one attached hydrogen (secondary N) is 2. The fraction of sp³-hybridized carbons (Fsp3) is 0.429. The number of ketones is 1. The first-order valence-electron chi connectivity index (χ1n) is 9.86. The van der Waals surface area contributed by atoms with Crippen molar-refractivity contribution in [3.05, 3.63) is 46.0 Å². The Hall–Kier alpha value is -2.96. The highest BCUT2D eigenvalue weighted by molar-refractivity contribution is 5.94. The van der Waals surface area contributed by atoms with Crippen molar-refractivity contribution in [2.24, 2.45) is 5.92 Å². The van der Waals surface area contributed by atoms with Gasteiger partial charge in [0.15, 0.2) is 16.9 Å². The number of nitrogens with zero attached hydrogens (tertiary/aromatic N) is 2. The maximum atomic E-state index is 12.4. The van der Waals surface area contributed by atoms with Gasteiger partial charge >= 0.3 is 6.01 Å². The molecule has 0 radical (unpaired) electrons. The Kier molecular flexibility index (Phi) is 5.23. The molecule has 28 heavy (non-hydrogen) atoms. The predicted molar refractivity (Wildman–Crippen MR) is 106 cm³/mol. The second-order valence-electron chi connectivity index (χ2n) is 7.48. The van der Waals surface area contributed by atoms with Crippen LogP contribution in [0, 0.1) is 5.92 Å². The van der Waals surface area contributed by atoms with Gasteiger partial charge in [-0.25, -0.2) is 4.98 Å². The summed E-state index contributed by atoms with van der Waals surface area (Å²) in [5.41, 5.74) is 0.917. The van der Waals surface area contributed by atoms with Gasteiger partial charge < -0.3 is 9.72 Å². The molecule has 0 atom stereocenters. The van der Waals surface area contributed by atoms with E-state index in [-0.39, 0.29) is 17.4 Å². The van der Waals surface area contributed by atoms with Crippen LogP contribution in [-0.4, -0.2) is 25.7 Å². The molecule has 0 unspecified atom stereocenters. The smallest absolute Gasteiger partial charge is 0.304 e. The molecule has 2 heterocycles. The summed E-state index contributed by atoms with van der Waals surface area (Å²) in [6.45, 7) is 1.49. The summed E-state index contributed by atoms with van der Waals surface area (Å²) in [5.74, 6) is 2.00. The van der Waals surface area contributed by atoms with Crippen LogP contribution in [-0.2, 0) is 6.42 Å². The van der Waals surface area contributed by atoms with Crippen molar-refractivity contribution >= 4 is 16.9 Å². The number of carbonyl (C=O) groups is 1. The zero-order chi connectivity index (χ0) is 19.5. The summed E-state index contributed by atoms with van der Waals surface area (Å²) in [6.07, 6.45) is 8.47. The van der Waals surface area contributed by atoms with Crippen molar-refractivity contribution in [1.29, 1.82) is 0 Å². The van der Waals surface area contributed by atoms with E-state index < -0.39 is 0 Å². The molecule has 1 aromatic carbocycles. The standard InChI is InChI=1S/C21H24N4O3/c1-13(26)15-9-5-10-16(12-15)28-21-24-19-18(20(27)25-21)22-17(23-19)11-4-8-14-6-2-3-7-14/h5,9-10,12,14H,2-4,6-8,11H2,1H3,(H2,22,23,24,25,27). The van der Waals surface area contributed by atoms with Crippen molar-refractivity contribution in [1.82, 2.24) is 19.9 Å². The zero-order valence-corrected chi connectivity index (χ0v) is 16.0. The summed E-state index contributed by atoms with van der Waals surface area (Å²) in [5, 5.41) is 0. The lowest BCUT2D eigenvalue weighted by Crippen LogP contribution is -2.09. The molecule has 0 spiro atoms. The number of hydrogen-bond donors (Lipinski definition) is 2. The molecule has 146 valence electrons. The fourth-order valence-electron chi connectivity index (χ4n) is 3.85. The molecule has 0 bridgehead atoms. The maximum absolute atomic E-state index is 12.4. The Balaban J connectivity index is 1.49. The zero-order valence-electron chi connectivity index (χ0n) is 16.0. The van der Waals surface area contributed by atoms with Gasteiger partial charge in [0.25, 0.3) is 5.56 Å². The third-order valence-electron chi connectivity index (χ3n) is 5.34. The number of hydrogen-bond acceptors (Lipinski definition) is 5. The summed E-state index contributed by atoms with van der Waals surface area (Å²) in [4.78, 5) is 38.3. The van der Waals surface area contributed by atoms with E-state index in [2.05, 4.69) is 19.9 Å². The molecule has 1 aliphatic carbocycles. The number of aryl methyl sites for hydroxylation is 1. The molecule has 0 saturated heterocycles. The van der Waals surface area contributed by atoms with Crippen LogP contribution in [0.2, 0.25) is 0 Å². The van der Waals surface area contributed by atoms with Gasteiger partial charge in [-0.2, -0.15) is 4.98 Å². The number of carbonyl (C=O) groups excluding carboxylic acids is 1. The minimum Gasteiger partial charge on any atom is -0.426 e. The Morgan fingerprint density at radius 2 is 2.04 bits per heavy atom. The van der Waals surface area contributed by atoms with Gasteiger partial charge in [0.2, 0.25) is 0 Å². The number of benzene rings is 1. The van der Waals surface area contributed by atoms with E-state index in [1.165, 1.54) is 39.0 Å². The van der Waals surface area contributed by atoms with Crippen LogP contribution in [0.1, 0.15) is 61.6 Å². The number of aromatic amines is 2. The van der Waals surface area contributed by atoms with Crippen LogP contribution in [0.15, 0.2) is 29.1 Å². The quantitative estimate of drug-likeness (QED) is 0.600. The van der Waals surface area contributed by atoms with Gasteiger partial charge in [0, 0.05) is 12.0 Å². The molecule has 7 nitrogen and oxygen atoms in total. The normalized spacial score (nSPS) is 14.6. The second-order valence-corrected chi connectivity index (χ2v) is 7.48. The summed E-state index contributed by atoms with van der Waals surface area (Å²) in [7, 11) is 0. The van der Waals surface area contributed by atoms with Gasteiger partial charge in [-0.05, 0) is 31.4 Å². The number of H-pyrrole nitrogens is 2. The number of ether oxygens (including phenoxy) is 1. The van der Waals surface area contributed by atoms with Crippen LogP contribution in [0.5, 0.6) is 11.8 Å². The fourth-order valence-corrected chi connectivity index (χ4v) is 3.85. The largest absolute Gasteiger partial charge is 0.426 e. The van der Waals surface area contributed by atoms with E-state index in [0.717, 1.165) is 24.6 Å². The third-order valence-corrected chi connectivity index (χ3v) is 5.34. The summed E-state index contributed by atoms with van der Waals surface area (Å²) >= 11 is 0. The topological polar surface area (TPSA) is 101 Å². The lowest BCUT2D eigenvalue weighted by atomic mass is 10.0. The van der Waals surface area contributed by atoms with Crippen LogP contribution in [0.25, 0.3) is 11.2 Å². The predicted octanol–water partition coefficient (Wildman–Crippen LogP) is 4.15. The number of imidazole rings is 1. The highest BCUT2D eigenvalue weighted by atomic mass is 16.5. The van der Waals surface area contributed by atoms with Gasteiger partial charge in [0.05, 0.1) is 0 Å². The van der Waals surface area contributed by atoms with E-state index in [1.54, 1.807) is 24.3 Å². The van der Waals surface area contributed by atoms with Gasteiger partial charge in [-0.3, -0.25) is 14.6 Å². The molecule has 2 aromatic heterocycles. The lowest BCUT2D eigenvalue weighted by molar-refractivity contribution is 0.101. The SMILES string of the molecule is CC(=O)c1cccc(Oc2nc3nc(CCCC4CCCC4)[nH]c3c(=O)[nH]2)c1. The minimum absolute atomic E-state index is 0.0576. The van der Waals surface area contributed by atoms with Gasteiger partial charge in [0.1, 0.15) is 11.6 Å². The molecular formula is C21H24N4O3. The van der Waals surface area contributed by atoms with Crippen molar-refractivity contribution in [2.45, 2.75) is 51.9 Å². The first-order valence-corrected chi connectivity index (χ1v) is 9.86. The number of Topliss-reactive ketones (excluding diaryl/α,β-unsaturated/α-hetero) is 1. The van der Waals surface area contributed by atoms with Crippen molar-refractivity contribution in [2.75, 3.05) is 0 Å². The van der Waals surface area contributed by atoms with E-state index >= 15 is 0 Å². The monoisotopic (exact) mass is 380 g/mol. The van der Waals surface area contributed by atoms with Crippen LogP contribution in [0.4, 0.5) is 0 Å². The van der Waals surface area contributed by atoms with Crippen molar-refractivity contribution in [3.8, 4) is 11.8 Å². The van der Waals surface area contributed by atoms with Gasteiger partial charge in [-0.15, -0.1) is 0 Å². The average molecular weight is 380 g/mol. The average Bonchev–Trinajstić information content (AvgIpc) is 3.32. The van der Waals surface area contributed by atoms with Crippen molar-refractivity contribution < 1.29 is 9.53 Å². The number of rotatable bonds is 7. The van der Waals surface area contributed by atoms with E-state index in [1.807, 2.05) is 0 Å². The Bertz CT molecular complexity index is 1050.